The van der Waals surface area contributed by atoms with E-state index in [1.54, 1.807) is 6.92 Å². The van der Waals surface area contributed by atoms with Crippen molar-refractivity contribution in [3.8, 4) is 0 Å². The average molecular weight is 311 g/mol. The molecule has 0 aliphatic heterocycles. The van der Waals surface area contributed by atoms with Crippen molar-refractivity contribution in [3.63, 3.8) is 0 Å². The summed E-state index contributed by atoms with van der Waals surface area (Å²) < 4.78 is 5.14. The quantitative estimate of drug-likeness (QED) is 0.214. The van der Waals surface area contributed by atoms with E-state index in [1.165, 1.54) is 57.8 Å². The summed E-state index contributed by atoms with van der Waals surface area (Å²) in [6, 6.07) is 0. The lowest BCUT2D eigenvalue weighted by Gasteiger charge is -2.12. The highest BCUT2D eigenvalue weighted by atomic mass is 16.5. The third kappa shape index (κ3) is 12.9. The second kappa shape index (κ2) is 13.8. The summed E-state index contributed by atoms with van der Waals surface area (Å²) in [5.41, 5.74) is 0.487. The molecule has 0 aliphatic rings. The van der Waals surface area contributed by atoms with E-state index in [9.17, 15) is 4.79 Å². The van der Waals surface area contributed by atoms with E-state index in [0.717, 1.165) is 12.3 Å². The molecule has 22 heavy (non-hydrogen) atoms. The van der Waals surface area contributed by atoms with Crippen molar-refractivity contribution in [2.24, 2.45) is 11.8 Å². The van der Waals surface area contributed by atoms with Gasteiger partial charge in [0.2, 0.25) is 0 Å². The predicted molar refractivity (Wildman–Crippen MR) is 95.9 cm³/mol. The number of unbranched alkanes of at least 4 members (excludes halogenated alkanes) is 4. The number of hydrogen-bond donors (Lipinski definition) is 0. The van der Waals surface area contributed by atoms with Gasteiger partial charge in [-0.2, -0.15) is 0 Å². The zero-order chi connectivity index (χ0) is 16.8. The van der Waals surface area contributed by atoms with Crippen molar-refractivity contribution in [1.82, 2.24) is 0 Å². The maximum absolute atomic E-state index is 11.3. The summed E-state index contributed by atoms with van der Waals surface area (Å²) in [7, 11) is 0. The molecule has 0 amide bonds. The SMILES string of the molecule is C=C(C)C(=O)OCCC(C)CCCCCCC(C)CCCC. The molecule has 0 N–H and O–H groups in total. The molecular weight excluding hydrogens is 272 g/mol. The molecular formula is C20H38O2. The lowest BCUT2D eigenvalue weighted by atomic mass is 9.95. The fourth-order valence-corrected chi connectivity index (χ4v) is 2.66. The van der Waals surface area contributed by atoms with E-state index in [-0.39, 0.29) is 5.97 Å². The van der Waals surface area contributed by atoms with Gasteiger partial charge in [0.15, 0.2) is 0 Å². The van der Waals surface area contributed by atoms with E-state index in [0.29, 0.717) is 18.1 Å². The van der Waals surface area contributed by atoms with E-state index >= 15 is 0 Å². The second-order valence-electron chi connectivity index (χ2n) is 7.05. The van der Waals surface area contributed by atoms with Crippen LogP contribution in [0.25, 0.3) is 0 Å². The minimum absolute atomic E-state index is 0.260. The first-order valence-electron chi connectivity index (χ1n) is 9.30. The molecule has 0 fully saturated rings. The number of esters is 1. The van der Waals surface area contributed by atoms with Crippen molar-refractivity contribution in [2.75, 3.05) is 6.61 Å². The molecule has 0 aromatic carbocycles. The van der Waals surface area contributed by atoms with Crippen LogP contribution in [0.3, 0.4) is 0 Å². The van der Waals surface area contributed by atoms with Crippen molar-refractivity contribution >= 4 is 5.97 Å². The molecule has 0 bridgehead atoms. The van der Waals surface area contributed by atoms with Gasteiger partial charge in [0.25, 0.3) is 0 Å². The summed E-state index contributed by atoms with van der Waals surface area (Å²) in [4.78, 5) is 11.3. The third-order valence-corrected chi connectivity index (χ3v) is 4.39. The normalized spacial score (nSPS) is 13.6. The van der Waals surface area contributed by atoms with Gasteiger partial charge in [-0.05, 0) is 25.2 Å². The Bertz CT molecular complexity index is 296. The predicted octanol–water partition coefficient (Wildman–Crippen LogP) is 6.30. The molecule has 2 unspecified atom stereocenters. The van der Waals surface area contributed by atoms with Crippen LogP contribution >= 0.6 is 0 Å². The molecule has 130 valence electrons. The van der Waals surface area contributed by atoms with E-state index in [4.69, 9.17) is 4.74 Å². The topological polar surface area (TPSA) is 26.3 Å². The maximum Gasteiger partial charge on any atom is 0.333 e. The number of rotatable bonds is 14. The van der Waals surface area contributed by atoms with Crippen LogP contribution in [0.15, 0.2) is 12.2 Å². The molecule has 0 aromatic rings. The van der Waals surface area contributed by atoms with Gasteiger partial charge in [-0.25, -0.2) is 4.79 Å². The minimum Gasteiger partial charge on any atom is -0.462 e. The Labute approximate surface area is 138 Å². The zero-order valence-corrected chi connectivity index (χ0v) is 15.5. The zero-order valence-electron chi connectivity index (χ0n) is 15.5. The van der Waals surface area contributed by atoms with E-state index < -0.39 is 0 Å². The molecule has 0 radical (unpaired) electrons. The van der Waals surface area contributed by atoms with Crippen LogP contribution < -0.4 is 0 Å². The Morgan fingerprint density at radius 1 is 0.909 bits per heavy atom. The van der Waals surface area contributed by atoms with Crippen molar-refractivity contribution in [1.29, 1.82) is 0 Å². The molecule has 0 aromatic heterocycles. The smallest absolute Gasteiger partial charge is 0.333 e. The summed E-state index contributed by atoms with van der Waals surface area (Å²) in [6.45, 7) is 12.7. The van der Waals surface area contributed by atoms with Gasteiger partial charge >= 0.3 is 5.97 Å². The highest BCUT2D eigenvalue weighted by molar-refractivity contribution is 5.86. The molecule has 2 heteroatoms. The van der Waals surface area contributed by atoms with Crippen LogP contribution in [0.5, 0.6) is 0 Å². The molecule has 0 rings (SSSR count). The standard InChI is InChI=1S/C20H38O2/c1-6-7-12-18(4)13-10-8-9-11-14-19(5)15-16-22-20(21)17(2)3/h18-19H,2,6-16H2,1,3-5H3. The number of carbonyl (C=O) groups is 1. The second-order valence-corrected chi connectivity index (χ2v) is 7.05. The Morgan fingerprint density at radius 3 is 1.91 bits per heavy atom. The van der Waals surface area contributed by atoms with Gasteiger partial charge in [-0.1, -0.05) is 85.1 Å². The van der Waals surface area contributed by atoms with Crippen molar-refractivity contribution in [2.45, 2.75) is 91.9 Å². The van der Waals surface area contributed by atoms with Crippen LogP contribution in [0.4, 0.5) is 0 Å². The van der Waals surface area contributed by atoms with Gasteiger partial charge in [-0.3, -0.25) is 0 Å². The highest BCUT2D eigenvalue weighted by Gasteiger charge is 2.06. The van der Waals surface area contributed by atoms with E-state index in [2.05, 4.69) is 27.4 Å². The van der Waals surface area contributed by atoms with Gasteiger partial charge in [-0.15, -0.1) is 0 Å². The minimum atomic E-state index is -0.260. The molecule has 0 aliphatic carbocycles. The summed E-state index contributed by atoms with van der Waals surface area (Å²) in [5.74, 6) is 1.28. The lowest BCUT2D eigenvalue weighted by molar-refractivity contribution is -0.139. The number of carbonyl (C=O) groups excluding carboxylic acids is 1. The van der Waals surface area contributed by atoms with Crippen LogP contribution in [-0.4, -0.2) is 12.6 Å². The first-order chi connectivity index (χ1) is 10.5. The van der Waals surface area contributed by atoms with Crippen LogP contribution in [0.2, 0.25) is 0 Å². The Hall–Kier alpha value is -0.790. The monoisotopic (exact) mass is 310 g/mol. The van der Waals surface area contributed by atoms with Gasteiger partial charge in [0.1, 0.15) is 0 Å². The first-order valence-corrected chi connectivity index (χ1v) is 9.30. The van der Waals surface area contributed by atoms with E-state index in [1.807, 2.05) is 0 Å². The highest BCUT2D eigenvalue weighted by Crippen LogP contribution is 2.18. The van der Waals surface area contributed by atoms with Crippen LogP contribution in [0.1, 0.15) is 91.9 Å². The summed E-state index contributed by atoms with van der Waals surface area (Å²) in [6.07, 6.45) is 13.1. The Balaban J connectivity index is 3.40. The molecule has 0 spiro atoms. The first kappa shape index (κ1) is 21.2. The Kier molecular flexibility index (Phi) is 13.3. The van der Waals surface area contributed by atoms with Crippen LogP contribution in [-0.2, 0) is 9.53 Å². The van der Waals surface area contributed by atoms with Gasteiger partial charge in [0, 0.05) is 5.57 Å². The molecule has 0 saturated carbocycles. The largest absolute Gasteiger partial charge is 0.462 e. The Morgan fingerprint density at radius 2 is 1.41 bits per heavy atom. The maximum atomic E-state index is 11.3. The van der Waals surface area contributed by atoms with Crippen molar-refractivity contribution in [3.05, 3.63) is 12.2 Å². The van der Waals surface area contributed by atoms with Crippen LogP contribution in [0, 0.1) is 11.8 Å². The third-order valence-electron chi connectivity index (χ3n) is 4.39. The summed E-state index contributed by atoms with van der Waals surface area (Å²) >= 11 is 0. The average Bonchev–Trinajstić information content (AvgIpc) is 2.48. The lowest BCUT2D eigenvalue weighted by Crippen LogP contribution is -2.09. The molecule has 0 saturated heterocycles. The molecule has 0 heterocycles. The van der Waals surface area contributed by atoms with Crippen molar-refractivity contribution < 1.29 is 9.53 Å². The summed E-state index contributed by atoms with van der Waals surface area (Å²) in [5, 5.41) is 0. The number of ether oxygens (including phenoxy) is 1. The molecule has 2 nitrogen and oxygen atoms in total. The number of hydrogen-bond acceptors (Lipinski definition) is 2. The fraction of sp³-hybridized carbons (Fsp3) is 0.850. The van der Waals surface area contributed by atoms with Gasteiger partial charge < -0.3 is 4.74 Å². The van der Waals surface area contributed by atoms with Gasteiger partial charge in [0.05, 0.1) is 6.61 Å². The molecule has 2 atom stereocenters. The fourth-order valence-electron chi connectivity index (χ4n) is 2.66.